The molecule has 0 saturated heterocycles. The molecule has 0 fully saturated rings. The van der Waals surface area contributed by atoms with E-state index in [0.717, 1.165) is 5.56 Å². The molecule has 8 nitrogen and oxygen atoms in total. The topological polar surface area (TPSA) is 98.7 Å². The van der Waals surface area contributed by atoms with Crippen LogP contribution in [0.4, 0.5) is 0 Å². The van der Waals surface area contributed by atoms with Crippen LogP contribution in [0.3, 0.4) is 0 Å². The molecule has 2 heterocycles. The van der Waals surface area contributed by atoms with Gasteiger partial charge in [0.25, 0.3) is 11.8 Å². The quantitative estimate of drug-likeness (QED) is 0.760. The van der Waals surface area contributed by atoms with Gasteiger partial charge in [0.1, 0.15) is 0 Å². The van der Waals surface area contributed by atoms with E-state index in [1.807, 2.05) is 30.3 Å². The Bertz CT molecular complexity index is 794. The van der Waals surface area contributed by atoms with Crippen LogP contribution in [0.5, 0.6) is 0 Å². The molecule has 0 aliphatic heterocycles. The Hall–Kier alpha value is -2.74. The Balaban J connectivity index is 1.55. The third-order valence-electron chi connectivity index (χ3n) is 3.04. The van der Waals surface area contributed by atoms with Crippen molar-refractivity contribution in [2.24, 2.45) is 7.05 Å². The van der Waals surface area contributed by atoms with Crippen molar-refractivity contribution in [3.05, 3.63) is 47.3 Å². The summed E-state index contributed by atoms with van der Waals surface area (Å²) in [5, 5.41) is 10.6. The van der Waals surface area contributed by atoms with Crippen molar-refractivity contribution in [2.75, 3.05) is 6.54 Å². The number of halogens is 1. The highest BCUT2D eigenvalue weighted by atomic mass is 35.5. The molecule has 0 bridgehead atoms. The molecule has 0 radical (unpaired) electrons. The van der Waals surface area contributed by atoms with Gasteiger partial charge in [0.15, 0.2) is 5.82 Å². The third kappa shape index (κ3) is 3.54. The SMILES string of the molecule is Cn1nc(C(=O)NCCc2noc(-c3ccccc3)n2)nc1Cl. The molecule has 1 N–H and O–H groups in total. The average molecular weight is 333 g/mol. The second kappa shape index (κ2) is 6.57. The highest BCUT2D eigenvalue weighted by Gasteiger charge is 2.14. The Labute approximate surface area is 136 Å². The van der Waals surface area contributed by atoms with Crippen LogP contribution in [0.15, 0.2) is 34.9 Å². The van der Waals surface area contributed by atoms with Gasteiger partial charge < -0.3 is 9.84 Å². The summed E-state index contributed by atoms with van der Waals surface area (Å²) in [6.45, 7) is 0.336. The number of amides is 1. The van der Waals surface area contributed by atoms with E-state index in [4.69, 9.17) is 16.1 Å². The van der Waals surface area contributed by atoms with Gasteiger partial charge >= 0.3 is 0 Å². The number of rotatable bonds is 5. The Morgan fingerprint density at radius 2 is 2.09 bits per heavy atom. The molecule has 9 heteroatoms. The zero-order valence-electron chi connectivity index (χ0n) is 12.2. The fourth-order valence-corrected chi connectivity index (χ4v) is 2.00. The van der Waals surface area contributed by atoms with Gasteiger partial charge in [-0.05, 0) is 23.7 Å². The lowest BCUT2D eigenvalue weighted by atomic mass is 10.2. The second-order valence-corrected chi connectivity index (χ2v) is 5.05. The van der Waals surface area contributed by atoms with Crippen LogP contribution >= 0.6 is 11.6 Å². The lowest BCUT2D eigenvalue weighted by molar-refractivity contribution is 0.0943. The molecular weight excluding hydrogens is 320 g/mol. The molecule has 0 atom stereocenters. The monoisotopic (exact) mass is 332 g/mol. The molecule has 0 spiro atoms. The summed E-state index contributed by atoms with van der Waals surface area (Å²) in [5.74, 6) is 0.580. The van der Waals surface area contributed by atoms with Crippen molar-refractivity contribution >= 4 is 17.5 Å². The van der Waals surface area contributed by atoms with E-state index >= 15 is 0 Å². The molecule has 1 aromatic carbocycles. The maximum atomic E-state index is 11.9. The van der Waals surface area contributed by atoms with Gasteiger partial charge in [0.2, 0.25) is 11.1 Å². The molecule has 0 saturated carbocycles. The maximum absolute atomic E-state index is 11.9. The third-order valence-corrected chi connectivity index (χ3v) is 3.37. The van der Waals surface area contributed by atoms with Crippen molar-refractivity contribution in [3.63, 3.8) is 0 Å². The number of carbonyl (C=O) groups is 1. The van der Waals surface area contributed by atoms with Crippen LogP contribution in [0.2, 0.25) is 5.28 Å². The number of hydrogen-bond acceptors (Lipinski definition) is 6. The van der Waals surface area contributed by atoms with Crippen LogP contribution in [0.1, 0.15) is 16.4 Å². The van der Waals surface area contributed by atoms with Gasteiger partial charge in [0.05, 0.1) is 0 Å². The number of carbonyl (C=O) groups excluding carboxylic acids is 1. The summed E-state index contributed by atoms with van der Waals surface area (Å²) >= 11 is 5.74. The van der Waals surface area contributed by atoms with Crippen LogP contribution < -0.4 is 5.32 Å². The molecule has 1 amide bonds. The van der Waals surface area contributed by atoms with Gasteiger partial charge in [-0.3, -0.25) is 4.79 Å². The molecule has 3 aromatic rings. The number of nitrogens with one attached hydrogen (secondary N) is 1. The van der Waals surface area contributed by atoms with Crippen molar-refractivity contribution in [2.45, 2.75) is 6.42 Å². The van der Waals surface area contributed by atoms with Crippen molar-refractivity contribution in [1.82, 2.24) is 30.2 Å². The maximum Gasteiger partial charge on any atom is 0.291 e. The second-order valence-electron chi connectivity index (χ2n) is 4.72. The van der Waals surface area contributed by atoms with Crippen LogP contribution in [-0.4, -0.2) is 37.4 Å². The summed E-state index contributed by atoms with van der Waals surface area (Å²) in [6, 6.07) is 9.47. The fraction of sp³-hybridized carbons (Fsp3) is 0.214. The fourth-order valence-electron chi connectivity index (χ4n) is 1.88. The van der Waals surface area contributed by atoms with E-state index in [-0.39, 0.29) is 11.1 Å². The average Bonchev–Trinajstić information content (AvgIpc) is 3.16. The lowest BCUT2D eigenvalue weighted by Gasteiger charge is -1.98. The van der Waals surface area contributed by atoms with Gasteiger partial charge in [-0.15, -0.1) is 5.10 Å². The molecule has 2 aromatic heterocycles. The number of nitrogens with zero attached hydrogens (tertiary/aromatic N) is 5. The largest absolute Gasteiger partial charge is 0.349 e. The lowest BCUT2D eigenvalue weighted by Crippen LogP contribution is -2.27. The number of hydrogen-bond donors (Lipinski definition) is 1. The zero-order valence-corrected chi connectivity index (χ0v) is 13.0. The van der Waals surface area contributed by atoms with Crippen LogP contribution in [-0.2, 0) is 13.5 Å². The smallest absolute Gasteiger partial charge is 0.291 e. The highest BCUT2D eigenvalue weighted by Crippen LogP contribution is 2.15. The van der Waals surface area contributed by atoms with E-state index in [0.29, 0.717) is 24.7 Å². The van der Waals surface area contributed by atoms with E-state index in [2.05, 4.69) is 25.5 Å². The Morgan fingerprint density at radius 1 is 1.30 bits per heavy atom. The van der Waals surface area contributed by atoms with Gasteiger partial charge in [-0.1, -0.05) is 23.4 Å². The minimum Gasteiger partial charge on any atom is -0.349 e. The van der Waals surface area contributed by atoms with Crippen LogP contribution in [0, 0.1) is 0 Å². The molecule has 118 valence electrons. The van der Waals surface area contributed by atoms with Gasteiger partial charge in [-0.2, -0.15) is 9.97 Å². The van der Waals surface area contributed by atoms with E-state index < -0.39 is 5.91 Å². The van der Waals surface area contributed by atoms with Crippen molar-refractivity contribution in [1.29, 1.82) is 0 Å². The first-order chi connectivity index (χ1) is 11.1. The Kier molecular flexibility index (Phi) is 4.33. The minimum atomic E-state index is -0.403. The molecule has 0 aliphatic rings. The standard InChI is InChI=1S/C14H13ClN6O2/c1-21-14(15)18-11(19-21)12(22)16-8-7-10-17-13(23-20-10)9-5-3-2-4-6-9/h2-6H,7-8H2,1H3,(H,16,22). The highest BCUT2D eigenvalue weighted by molar-refractivity contribution is 6.28. The Morgan fingerprint density at radius 3 is 2.78 bits per heavy atom. The van der Waals surface area contributed by atoms with Gasteiger partial charge in [0, 0.05) is 25.6 Å². The van der Waals surface area contributed by atoms with E-state index in [1.54, 1.807) is 7.05 Å². The summed E-state index contributed by atoms with van der Waals surface area (Å²) in [7, 11) is 1.61. The first kappa shape index (κ1) is 15.2. The molecule has 23 heavy (non-hydrogen) atoms. The summed E-state index contributed by atoms with van der Waals surface area (Å²) in [6.07, 6.45) is 0.433. The summed E-state index contributed by atoms with van der Waals surface area (Å²) < 4.78 is 6.51. The first-order valence-electron chi connectivity index (χ1n) is 6.86. The van der Waals surface area contributed by atoms with Crippen LogP contribution in [0.25, 0.3) is 11.5 Å². The van der Waals surface area contributed by atoms with Crippen molar-refractivity contribution < 1.29 is 9.32 Å². The number of aryl methyl sites for hydroxylation is 1. The molecular formula is C14H13ClN6O2. The number of benzene rings is 1. The molecule has 0 unspecified atom stereocenters. The summed E-state index contributed by atoms with van der Waals surface area (Å²) in [4.78, 5) is 20.0. The van der Waals surface area contributed by atoms with E-state index in [1.165, 1.54) is 4.68 Å². The van der Waals surface area contributed by atoms with E-state index in [9.17, 15) is 4.79 Å². The number of aromatic nitrogens is 5. The van der Waals surface area contributed by atoms with Crippen molar-refractivity contribution in [3.8, 4) is 11.5 Å². The molecule has 3 rings (SSSR count). The zero-order chi connectivity index (χ0) is 16.2. The predicted octanol–water partition coefficient (Wildman–Crippen LogP) is 1.49. The van der Waals surface area contributed by atoms with Gasteiger partial charge in [-0.25, -0.2) is 4.68 Å². The normalized spacial score (nSPS) is 10.7. The molecule has 0 aliphatic carbocycles. The minimum absolute atomic E-state index is 0.0237. The predicted molar refractivity (Wildman–Crippen MR) is 81.8 cm³/mol. The summed E-state index contributed by atoms with van der Waals surface area (Å²) in [5.41, 5.74) is 0.850. The first-order valence-corrected chi connectivity index (χ1v) is 7.24.